The molecule has 0 amide bonds. The predicted octanol–water partition coefficient (Wildman–Crippen LogP) is 2.80. The van der Waals surface area contributed by atoms with Gasteiger partial charge < -0.3 is 4.57 Å². The second kappa shape index (κ2) is 4.54. The van der Waals surface area contributed by atoms with Crippen molar-refractivity contribution < 1.29 is 0 Å². The van der Waals surface area contributed by atoms with E-state index in [9.17, 15) is 0 Å². The number of hydrogen-bond donors (Lipinski definition) is 0. The molecule has 1 heterocycles. The molecule has 0 N–H and O–H groups in total. The van der Waals surface area contributed by atoms with Gasteiger partial charge in [0.25, 0.3) is 0 Å². The van der Waals surface area contributed by atoms with Crippen LogP contribution >= 0.6 is 0 Å². The minimum atomic E-state index is 0.943. The minimum Gasteiger partial charge on any atom is -0.308 e. The van der Waals surface area contributed by atoms with Gasteiger partial charge in [0, 0.05) is 18.6 Å². The number of aromatic nitrogens is 2. The lowest BCUT2D eigenvalue weighted by atomic mass is 10.3. The van der Waals surface area contributed by atoms with Crippen LogP contribution in [0.3, 0.4) is 0 Å². The molecule has 0 saturated heterocycles. The first-order valence-electron chi connectivity index (χ1n) is 4.20. The zero-order chi connectivity index (χ0) is 8.81. The second-order valence-corrected chi connectivity index (χ2v) is 2.57. The molecule has 0 aliphatic carbocycles. The van der Waals surface area contributed by atoms with Gasteiger partial charge in [0.2, 0.25) is 0 Å². The molecule has 0 aliphatic heterocycles. The van der Waals surface area contributed by atoms with Crippen molar-refractivity contribution in [3.8, 4) is 0 Å². The number of hydrogen-bond acceptors (Lipinski definition) is 1. The van der Waals surface area contributed by atoms with E-state index >= 15 is 0 Å². The molecule has 0 radical (unpaired) electrons. The van der Waals surface area contributed by atoms with Crippen LogP contribution < -0.4 is 0 Å². The molecule has 0 aliphatic rings. The molecule has 0 bridgehead atoms. The van der Waals surface area contributed by atoms with Crippen LogP contribution in [-0.4, -0.2) is 9.55 Å². The Morgan fingerprint density at radius 1 is 1.67 bits per heavy atom. The maximum atomic E-state index is 4.16. The van der Waals surface area contributed by atoms with Crippen molar-refractivity contribution >= 4 is 12.3 Å². The third kappa shape index (κ3) is 2.09. The molecular formula is C10H14N2. The first-order valence-corrected chi connectivity index (χ1v) is 4.20. The highest BCUT2D eigenvalue weighted by Gasteiger charge is 1.91. The minimum absolute atomic E-state index is 0.943. The summed E-state index contributed by atoms with van der Waals surface area (Å²) in [5.41, 5.74) is 0. The second-order valence-electron chi connectivity index (χ2n) is 2.57. The van der Waals surface area contributed by atoms with Crippen LogP contribution in [0.25, 0.3) is 12.3 Å². The van der Waals surface area contributed by atoms with Gasteiger partial charge in [0.05, 0.1) is 0 Å². The van der Waals surface area contributed by atoms with E-state index in [2.05, 4.69) is 24.6 Å². The normalized spacial score (nSPS) is 10.8. The molecule has 1 rings (SSSR count). The van der Waals surface area contributed by atoms with Gasteiger partial charge in [-0.15, -0.1) is 0 Å². The van der Waals surface area contributed by atoms with Crippen LogP contribution in [0.15, 0.2) is 25.0 Å². The highest BCUT2D eigenvalue weighted by Crippen LogP contribution is 2.01. The summed E-state index contributed by atoms with van der Waals surface area (Å²) in [6.45, 7) is 5.84. The Hall–Kier alpha value is -1.31. The summed E-state index contributed by atoms with van der Waals surface area (Å²) in [4.78, 5) is 4.16. The third-order valence-electron chi connectivity index (χ3n) is 1.62. The summed E-state index contributed by atoms with van der Waals surface area (Å²) in [6, 6.07) is 0. The van der Waals surface area contributed by atoms with Crippen LogP contribution in [0.2, 0.25) is 0 Å². The lowest BCUT2D eigenvalue weighted by Crippen LogP contribution is -1.86. The maximum absolute atomic E-state index is 4.16. The monoisotopic (exact) mass is 162 g/mol. The van der Waals surface area contributed by atoms with Gasteiger partial charge in [-0.05, 0) is 12.5 Å². The zero-order valence-electron chi connectivity index (χ0n) is 7.40. The zero-order valence-corrected chi connectivity index (χ0v) is 7.40. The molecule has 0 aromatic carbocycles. The molecule has 2 heteroatoms. The molecule has 1 aromatic rings. The summed E-state index contributed by atoms with van der Waals surface area (Å²) in [6.07, 6.45) is 11.8. The number of allylic oxidation sites excluding steroid dienone is 1. The van der Waals surface area contributed by atoms with Gasteiger partial charge in [-0.25, -0.2) is 4.98 Å². The number of rotatable bonds is 4. The number of nitrogens with zero attached hydrogens (tertiary/aromatic N) is 2. The summed E-state index contributed by atoms with van der Waals surface area (Å²) in [5.74, 6) is 0.943. The molecule has 0 fully saturated rings. The van der Waals surface area contributed by atoms with E-state index in [0.717, 1.165) is 12.2 Å². The molecule has 1 aromatic heterocycles. The Kier molecular flexibility index (Phi) is 3.33. The number of unbranched alkanes of at least 4 members (excludes halogenated alkanes) is 1. The van der Waals surface area contributed by atoms with Gasteiger partial charge in [-0.2, -0.15) is 0 Å². The van der Waals surface area contributed by atoms with E-state index in [4.69, 9.17) is 0 Å². The van der Waals surface area contributed by atoms with E-state index in [1.165, 1.54) is 6.42 Å². The summed E-state index contributed by atoms with van der Waals surface area (Å²) in [7, 11) is 0. The molecule has 0 atom stereocenters. The average Bonchev–Trinajstić information content (AvgIpc) is 2.52. The van der Waals surface area contributed by atoms with E-state index < -0.39 is 0 Å². The van der Waals surface area contributed by atoms with Crippen molar-refractivity contribution in [1.29, 1.82) is 0 Å². The number of imidazole rings is 1. The van der Waals surface area contributed by atoms with Crippen LogP contribution in [-0.2, 0) is 0 Å². The van der Waals surface area contributed by atoms with Crippen LogP contribution in [0, 0.1) is 0 Å². The standard InChI is InChI=1S/C10H14N2/c1-3-5-6-7-10-11-8-9-12(10)4-2/h4,6-9H,2-3,5H2,1H3. The Morgan fingerprint density at radius 3 is 3.17 bits per heavy atom. The van der Waals surface area contributed by atoms with Crippen molar-refractivity contribution in [2.24, 2.45) is 0 Å². The topological polar surface area (TPSA) is 17.8 Å². The van der Waals surface area contributed by atoms with Crippen molar-refractivity contribution in [2.45, 2.75) is 19.8 Å². The summed E-state index contributed by atoms with van der Waals surface area (Å²) in [5, 5.41) is 0. The van der Waals surface area contributed by atoms with Crippen molar-refractivity contribution in [3.05, 3.63) is 30.9 Å². The van der Waals surface area contributed by atoms with Crippen molar-refractivity contribution in [2.75, 3.05) is 0 Å². The smallest absolute Gasteiger partial charge is 0.136 e. The SMILES string of the molecule is C=Cn1ccnc1C=CCCC. The highest BCUT2D eigenvalue weighted by atomic mass is 15.0. The van der Waals surface area contributed by atoms with Crippen LogP contribution in [0.5, 0.6) is 0 Å². The van der Waals surface area contributed by atoms with E-state index in [0.29, 0.717) is 0 Å². The van der Waals surface area contributed by atoms with E-state index in [-0.39, 0.29) is 0 Å². The van der Waals surface area contributed by atoms with Gasteiger partial charge in [0.1, 0.15) is 5.82 Å². The van der Waals surface area contributed by atoms with Gasteiger partial charge in [0.15, 0.2) is 0 Å². The molecule has 2 nitrogen and oxygen atoms in total. The molecule has 0 unspecified atom stereocenters. The summed E-state index contributed by atoms with van der Waals surface area (Å²) < 4.78 is 1.90. The largest absolute Gasteiger partial charge is 0.308 e. The molecule has 12 heavy (non-hydrogen) atoms. The predicted molar refractivity (Wildman–Crippen MR) is 52.6 cm³/mol. The average molecular weight is 162 g/mol. The fourth-order valence-corrected chi connectivity index (χ4v) is 0.963. The fraction of sp³-hybridized carbons (Fsp3) is 0.300. The Bertz CT molecular complexity index is 271. The van der Waals surface area contributed by atoms with Gasteiger partial charge in [-0.3, -0.25) is 0 Å². The Balaban J connectivity index is 2.67. The maximum Gasteiger partial charge on any atom is 0.136 e. The third-order valence-corrected chi connectivity index (χ3v) is 1.62. The quantitative estimate of drug-likeness (QED) is 0.665. The molecule has 64 valence electrons. The Morgan fingerprint density at radius 2 is 2.50 bits per heavy atom. The van der Waals surface area contributed by atoms with E-state index in [1.807, 2.05) is 16.8 Å². The molecule has 0 saturated carbocycles. The highest BCUT2D eigenvalue weighted by molar-refractivity contribution is 5.44. The molecular weight excluding hydrogens is 148 g/mol. The molecule has 0 spiro atoms. The first-order chi connectivity index (χ1) is 5.88. The van der Waals surface area contributed by atoms with Gasteiger partial charge >= 0.3 is 0 Å². The van der Waals surface area contributed by atoms with Gasteiger partial charge in [-0.1, -0.05) is 26.0 Å². The van der Waals surface area contributed by atoms with Crippen molar-refractivity contribution in [3.63, 3.8) is 0 Å². The lowest BCUT2D eigenvalue weighted by molar-refractivity contribution is 0.960. The fourth-order valence-electron chi connectivity index (χ4n) is 0.963. The van der Waals surface area contributed by atoms with Crippen LogP contribution in [0.1, 0.15) is 25.6 Å². The van der Waals surface area contributed by atoms with E-state index in [1.54, 1.807) is 12.4 Å². The van der Waals surface area contributed by atoms with Crippen LogP contribution in [0.4, 0.5) is 0 Å². The summed E-state index contributed by atoms with van der Waals surface area (Å²) >= 11 is 0. The first kappa shape index (κ1) is 8.78. The van der Waals surface area contributed by atoms with Crippen molar-refractivity contribution in [1.82, 2.24) is 9.55 Å². The Labute approximate surface area is 73.2 Å². The lowest BCUT2D eigenvalue weighted by Gasteiger charge is -1.93.